The Hall–Kier alpha value is -1.05. The largest absolute Gasteiger partial charge is 0.487 e. The number of rotatable bonds is 3. The Morgan fingerprint density at radius 1 is 1.05 bits per heavy atom. The first-order valence-electron chi connectivity index (χ1n) is 7.77. The highest BCUT2D eigenvalue weighted by Gasteiger charge is 2.23. The lowest BCUT2D eigenvalue weighted by Crippen LogP contribution is -2.24. The predicted molar refractivity (Wildman–Crippen MR) is 74.9 cm³/mol. The summed E-state index contributed by atoms with van der Waals surface area (Å²) in [6.07, 6.45) is 11.6. The van der Waals surface area contributed by atoms with E-state index in [0.29, 0.717) is 5.75 Å². The lowest BCUT2D eigenvalue weighted by molar-refractivity contribution is 0.143. The normalized spacial score (nSPS) is 23.7. The van der Waals surface area contributed by atoms with E-state index in [-0.39, 0.29) is 11.9 Å². The quantitative estimate of drug-likeness (QED) is 0.754. The van der Waals surface area contributed by atoms with E-state index in [2.05, 4.69) is 0 Å². The Balaban J connectivity index is 1.55. The molecule has 0 radical (unpaired) electrons. The van der Waals surface area contributed by atoms with Crippen LogP contribution in [0.25, 0.3) is 0 Å². The summed E-state index contributed by atoms with van der Waals surface area (Å²) < 4.78 is 19.6. The van der Waals surface area contributed by atoms with Gasteiger partial charge >= 0.3 is 0 Å². The molecule has 3 rings (SSSR count). The number of fused-ring (bicyclic) bond motifs is 1. The first kappa shape index (κ1) is 13.0. The van der Waals surface area contributed by atoms with Gasteiger partial charge in [0.2, 0.25) is 0 Å². The Kier molecular flexibility index (Phi) is 4.05. The molecule has 0 bridgehead atoms. The van der Waals surface area contributed by atoms with Crippen molar-refractivity contribution in [2.24, 2.45) is 5.92 Å². The topological polar surface area (TPSA) is 9.23 Å². The van der Waals surface area contributed by atoms with Gasteiger partial charge in [-0.1, -0.05) is 44.2 Å². The minimum absolute atomic E-state index is 0.195. The summed E-state index contributed by atoms with van der Waals surface area (Å²) in [6.45, 7) is 0. The number of ether oxygens (including phenoxy) is 1. The lowest BCUT2D eigenvalue weighted by Gasteiger charge is -2.28. The van der Waals surface area contributed by atoms with Crippen LogP contribution in [0.4, 0.5) is 4.39 Å². The molecule has 0 amide bonds. The van der Waals surface area contributed by atoms with Gasteiger partial charge in [0.1, 0.15) is 0 Å². The Bertz CT molecular complexity index is 423. The maximum absolute atomic E-state index is 13.7. The highest BCUT2D eigenvalue weighted by molar-refractivity contribution is 5.36. The van der Waals surface area contributed by atoms with Crippen LogP contribution in [-0.4, -0.2) is 6.10 Å². The highest BCUT2D eigenvalue weighted by atomic mass is 19.1. The van der Waals surface area contributed by atoms with Gasteiger partial charge in [-0.25, -0.2) is 4.39 Å². The minimum Gasteiger partial charge on any atom is -0.487 e. The van der Waals surface area contributed by atoms with E-state index < -0.39 is 0 Å². The van der Waals surface area contributed by atoms with Crippen LogP contribution < -0.4 is 4.74 Å². The third kappa shape index (κ3) is 3.10. The fraction of sp³-hybridized carbons (Fsp3) is 0.647. The van der Waals surface area contributed by atoms with Crippen LogP contribution in [0.2, 0.25) is 0 Å². The summed E-state index contributed by atoms with van der Waals surface area (Å²) in [6, 6.07) is 5.26. The molecule has 0 aromatic heterocycles. The fourth-order valence-electron chi connectivity index (χ4n) is 3.53. The number of benzene rings is 1. The van der Waals surface area contributed by atoms with Crippen LogP contribution in [0.1, 0.15) is 56.9 Å². The summed E-state index contributed by atoms with van der Waals surface area (Å²) in [5, 5.41) is 0. The number of aryl methyl sites for hydroxylation is 1. The first-order valence-corrected chi connectivity index (χ1v) is 7.77. The molecule has 1 saturated carbocycles. The van der Waals surface area contributed by atoms with Gasteiger partial charge in [0, 0.05) is 0 Å². The van der Waals surface area contributed by atoms with E-state index in [4.69, 9.17) is 4.74 Å². The van der Waals surface area contributed by atoms with Crippen LogP contribution in [0.3, 0.4) is 0 Å². The van der Waals surface area contributed by atoms with Crippen molar-refractivity contribution in [3.63, 3.8) is 0 Å². The lowest BCUT2D eigenvalue weighted by atomic mass is 9.85. The molecule has 1 unspecified atom stereocenters. The van der Waals surface area contributed by atoms with E-state index in [0.717, 1.165) is 30.7 Å². The van der Waals surface area contributed by atoms with E-state index in [9.17, 15) is 4.39 Å². The van der Waals surface area contributed by atoms with Gasteiger partial charge in [0.05, 0.1) is 6.10 Å². The van der Waals surface area contributed by atoms with Crippen molar-refractivity contribution in [2.45, 2.75) is 63.9 Å². The molecule has 2 aliphatic rings. The standard InChI is InChI=1S/C17H23FO/c18-16-8-4-7-14-10-12-15(19-17(14)16)11-9-13-5-2-1-3-6-13/h4,7-8,13,15H,1-3,5-6,9-12H2. The SMILES string of the molecule is Fc1cccc2c1OC(CCC1CCCCC1)CC2. The molecular weight excluding hydrogens is 239 g/mol. The zero-order valence-electron chi connectivity index (χ0n) is 11.5. The van der Waals surface area contributed by atoms with Crippen LogP contribution in [-0.2, 0) is 6.42 Å². The van der Waals surface area contributed by atoms with Crippen molar-refractivity contribution in [1.82, 2.24) is 0 Å². The average Bonchev–Trinajstić information content (AvgIpc) is 2.47. The molecular formula is C17H23FO. The van der Waals surface area contributed by atoms with Crippen LogP contribution >= 0.6 is 0 Å². The molecule has 0 spiro atoms. The van der Waals surface area contributed by atoms with Gasteiger partial charge in [-0.3, -0.25) is 0 Å². The molecule has 1 aromatic rings. The molecule has 1 aromatic carbocycles. The number of hydrogen-bond acceptors (Lipinski definition) is 1. The van der Waals surface area contributed by atoms with Gasteiger partial charge in [0.15, 0.2) is 11.6 Å². The third-order valence-electron chi connectivity index (χ3n) is 4.69. The monoisotopic (exact) mass is 262 g/mol. The van der Waals surface area contributed by atoms with Crippen molar-refractivity contribution in [2.75, 3.05) is 0 Å². The molecule has 2 heteroatoms. The maximum atomic E-state index is 13.7. The number of halogens is 1. The van der Waals surface area contributed by atoms with Gasteiger partial charge in [-0.2, -0.15) is 0 Å². The zero-order valence-corrected chi connectivity index (χ0v) is 11.5. The molecule has 0 saturated heterocycles. The average molecular weight is 262 g/mol. The first-order chi connectivity index (χ1) is 9.33. The summed E-state index contributed by atoms with van der Waals surface area (Å²) in [4.78, 5) is 0. The smallest absolute Gasteiger partial charge is 0.165 e. The molecule has 1 aliphatic carbocycles. The molecule has 1 atom stereocenters. The Morgan fingerprint density at radius 2 is 1.89 bits per heavy atom. The molecule has 104 valence electrons. The summed E-state index contributed by atoms with van der Waals surface area (Å²) in [5.41, 5.74) is 1.04. The number of para-hydroxylation sites is 1. The summed E-state index contributed by atoms with van der Waals surface area (Å²) in [5.74, 6) is 1.21. The highest BCUT2D eigenvalue weighted by Crippen LogP contribution is 2.33. The molecule has 1 nitrogen and oxygen atoms in total. The van der Waals surface area contributed by atoms with Crippen molar-refractivity contribution >= 4 is 0 Å². The maximum Gasteiger partial charge on any atom is 0.165 e. The molecule has 1 fully saturated rings. The zero-order chi connectivity index (χ0) is 13.1. The van der Waals surface area contributed by atoms with Crippen LogP contribution in [0.5, 0.6) is 5.75 Å². The van der Waals surface area contributed by atoms with Crippen LogP contribution in [0, 0.1) is 11.7 Å². The van der Waals surface area contributed by atoms with E-state index in [1.807, 2.05) is 6.07 Å². The molecule has 1 heterocycles. The molecule has 0 N–H and O–H groups in total. The van der Waals surface area contributed by atoms with Gasteiger partial charge < -0.3 is 4.74 Å². The van der Waals surface area contributed by atoms with Crippen LogP contribution in [0.15, 0.2) is 18.2 Å². The molecule has 19 heavy (non-hydrogen) atoms. The molecule has 1 aliphatic heterocycles. The number of hydrogen-bond donors (Lipinski definition) is 0. The van der Waals surface area contributed by atoms with E-state index in [1.54, 1.807) is 6.07 Å². The Morgan fingerprint density at radius 3 is 2.74 bits per heavy atom. The van der Waals surface area contributed by atoms with E-state index >= 15 is 0 Å². The van der Waals surface area contributed by atoms with Crippen molar-refractivity contribution in [1.29, 1.82) is 0 Å². The predicted octanol–water partition coefficient (Wildman–Crippen LogP) is 4.88. The second-order valence-corrected chi connectivity index (χ2v) is 6.09. The second-order valence-electron chi connectivity index (χ2n) is 6.09. The third-order valence-corrected chi connectivity index (χ3v) is 4.69. The second kappa shape index (κ2) is 5.94. The van der Waals surface area contributed by atoms with E-state index in [1.165, 1.54) is 44.6 Å². The summed E-state index contributed by atoms with van der Waals surface area (Å²) >= 11 is 0. The van der Waals surface area contributed by atoms with Crippen molar-refractivity contribution in [3.8, 4) is 5.75 Å². The van der Waals surface area contributed by atoms with Gasteiger partial charge in [0.25, 0.3) is 0 Å². The van der Waals surface area contributed by atoms with Crippen molar-refractivity contribution in [3.05, 3.63) is 29.6 Å². The Labute approximate surface area is 115 Å². The van der Waals surface area contributed by atoms with Gasteiger partial charge in [-0.15, -0.1) is 0 Å². The van der Waals surface area contributed by atoms with Crippen molar-refractivity contribution < 1.29 is 9.13 Å². The minimum atomic E-state index is -0.195. The van der Waals surface area contributed by atoms with Gasteiger partial charge in [-0.05, 0) is 43.2 Å². The summed E-state index contributed by atoms with van der Waals surface area (Å²) in [7, 11) is 0. The fourth-order valence-corrected chi connectivity index (χ4v) is 3.53.